The number of carbonyl (C=O) groups excluding carboxylic acids is 1. The van der Waals surface area contributed by atoms with E-state index in [-0.39, 0.29) is 21.3 Å². The standard InChI is InChI=1S/C18H13Cl2N3O3S/c19-12-4-9-16(15(20)11-12)23-27(25,26)14-7-5-13(6-8-14)22-18(24)17-3-1-2-10-21-17/h1-11,23H,(H,22,24). The number of amides is 1. The van der Waals surface area contributed by atoms with Gasteiger partial charge in [-0.3, -0.25) is 14.5 Å². The lowest BCUT2D eigenvalue weighted by Gasteiger charge is -2.11. The summed E-state index contributed by atoms with van der Waals surface area (Å²) in [6.07, 6.45) is 1.51. The highest BCUT2D eigenvalue weighted by molar-refractivity contribution is 7.92. The number of anilines is 2. The molecule has 1 aromatic heterocycles. The number of nitrogens with zero attached hydrogens (tertiary/aromatic N) is 1. The third-order valence-electron chi connectivity index (χ3n) is 3.50. The maximum atomic E-state index is 12.5. The van der Waals surface area contributed by atoms with Gasteiger partial charge in [-0.25, -0.2) is 8.42 Å². The van der Waals surface area contributed by atoms with Gasteiger partial charge in [-0.2, -0.15) is 0 Å². The smallest absolute Gasteiger partial charge is 0.274 e. The van der Waals surface area contributed by atoms with Crippen LogP contribution in [0, 0.1) is 0 Å². The zero-order chi connectivity index (χ0) is 19.4. The lowest BCUT2D eigenvalue weighted by atomic mass is 10.3. The monoisotopic (exact) mass is 421 g/mol. The van der Waals surface area contributed by atoms with Crippen LogP contribution in [0.4, 0.5) is 11.4 Å². The Bertz CT molecular complexity index is 1070. The Balaban J connectivity index is 1.75. The molecular weight excluding hydrogens is 409 g/mol. The summed E-state index contributed by atoms with van der Waals surface area (Å²) >= 11 is 11.8. The Labute approximate surface area is 166 Å². The van der Waals surface area contributed by atoms with E-state index in [2.05, 4.69) is 15.0 Å². The molecule has 2 aromatic carbocycles. The van der Waals surface area contributed by atoms with Crippen molar-refractivity contribution in [1.29, 1.82) is 0 Å². The van der Waals surface area contributed by atoms with E-state index in [1.807, 2.05) is 0 Å². The van der Waals surface area contributed by atoms with E-state index < -0.39 is 15.9 Å². The fraction of sp³-hybridized carbons (Fsp3) is 0. The Morgan fingerprint density at radius 1 is 0.963 bits per heavy atom. The molecule has 6 nitrogen and oxygen atoms in total. The largest absolute Gasteiger partial charge is 0.321 e. The van der Waals surface area contributed by atoms with E-state index in [1.165, 1.54) is 48.7 Å². The summed E-state index contributed by atoms with van der Waals surface area (Å²) in [5, 5.41) is 3.23. The molecule has 1 heterocycles. The van der Waals surface area contributed by atoms with Gasteiger partial charge in [0.25, 0.3) is 15.9 Å². The second kappa shape index (κ2) is 7.96. The van der Waals surface area contributed by atoms with Crippen LogP contribution in [0.1, 0.15) is 10.5 Å². The van der Waals surface area contributed by atoms with Gasteiger partial charge in [0.05, 0.1) is 15.6 Å². The predicted molar refractivity (Wildman–Crippen MR) is 106 cm³/mol. The quantitative estimate of drug-likeness (QED) is 0.636. The molecular formula is C18H13Cl2N3O3S. The van der Waals surface area contributed by atoms with Crippen LogP contribution < -0.4 is 10.0 Å². The van der Waals surface area contributed by atoms with Crippen molar-refractivity contribution in [3.63, 3.8) is 0 Å². The summed E-state index contributed by atoms with van der Waals surface area (Å²) in [6, 6.07) is 15.1. The predicted octanol–water partition coefficient (Wildman–Crippen LogP) is 4.44. The zero-order valence-corrected chi connectivity index (χ0v) is 16.0. The van der Waals surface area contributed by atoms with Crippen molar-refractivity contribution < 1.29 is 13.2 Å². The third kappa shape index (κ3) is 4.77. The van der Waals surface area contributed by atoms with Gasteiger partial charge in [0.15, 0.2) is 0 Å². The van der Waals surface area contributed by atoms with Crippen LogP contribution in [-0.2, 0) is 10.0 Å². The van der Waals surface area contributed by atoms with Gasteiger partial charge in [0.2, 0.25) is 0 Å². The molecule has 0 bridgehead atoms. The molecule has 2 N–H and O–H groups in total. The van der Waals surface area contributed by atoms with Crippen LogP contribution in [0.3, 0.4) is 0 Å². The average molecular weight is 422 g/mol. The summed E-state index contributed by atoms with van der Waals surface area (Å²) in [5.74, 6) is -0.391. The number of carbonyl (C=O) groups is 1. The van der Waals surface area contributed by atoms with Crippen molar-refractivity contribution in [2.24, 2.45) is 0 Å². The van der Waals surface area contributed by atoms with Crippen molar-refractivity contribution in [3.8, 4) is 0 Å². The number of aromatic nitrogens is 1. The van der Waals surface area contributed by atoms with Crippen LogP contribution in [0.15, 0.2) is 71.8 Å². The number of pyridine rings is 1. The molecule has 0 saturated heterocycles. The van der Waals surface area contributed by atoms with E-state index in [4.69, 9.17) is 23.2 Å². The van der Waals surface area contributed by atoms with E-state index in [0.29, 0.717) is 10.7 Å². The normalized spacial score (nSPS) is 11.0. The van der Waals surface area contributed by atoms with Crippen LogP contribution in [0.25, 0.3) is 0 Å². The minimum Gasteiger partial charge on any atom is -0.321 e. The van der Waals surface area contributed by atoms with Crippen molar-refractivity contribution in [2.45, 2.75) is 4.90 Å². The Kier molecular flexibility index (Phi) is 5.65. The molecule has 1 amide bonds. The molecule has 0 atom stereocenters. The van der Waals surface area contributed by atoms with Crippen molar-refractivity contribution in [1.82, 2.24) is 4.98 Å². The molecule has 0 spiro atoms. The van der Waals surface area contributed by atoms with Crippen LogP contribution >= 0.6 is 23.2 Å². The third-order valence-corrected chi connectivity index (χ3v) is 5.42. The van der Waals surface area contributed by atoms with Gasteiger partial charge in [0, 0.05) is 16.9 Å². The highest BCUT2D eigenvalue weighted by atomic mass is 35.5. The SMILES string of the molecule is O=C(Nc1ccc(S(=O)(=O)Nc2ccc(Cl)cc2Cl)cc1)c1ccccn1. The number of hydrogen-bond donors (Lipinski definition) is 2. The molecule has 3 aromatic rings. The minimum absolute atomic E-state index is 0.0179. The average Bonchev–Trinajstić information content (AvgIpc) is 2.65. The van der Waals surface area contributed by atoms with Gasteiger partial charge in [-0.1, -0.05) is 29.3 Å². The van der Waals surface area contributed by atoms with Crippen molar-refractivity contribution in [3.05, 3.63) is 82.6 Å². The molecule has 138 valence electrons. The minimum atomic E-state index is -3.85. The summed E-state index contributed by atoms with van der Waals surface area (Å²) < 4.78 is 27.4. The number of nitrogens with one attached hydrogen (secondary N) is 2. The fourth-order valence-electron chi connectivity index (χ4n) is 2.19. The zero-order valence-electron chi connectivity index (χ0n) is 13.7. The molecule has 0 aliphatic heterocycles. The molecule has 0 saturated carbocycles. The second-order valence-corrected chi connectivity index (χ2v) is 7.95. The molecule has 0 aliphatic rings. The first-order valence-corrected chi connectivity index (χ1v) is 9.89. The first-order valence-electron chi connectivity index (χ1n) is 7.65. The van der Waals surface area contributed by atoms with Gasteiger partial charge >= 0.3 is 0 Å². The number of halogens is 2. The lowest BCUT2D eigenvalue weighted by Crippen LogP contribution is -2.15. The fourth-order valence-corrected chi connectivity index (χ4v) is 3.78. The molecule has 0 fully saturated rings. The molecule has 3 rings (SSSR count). The van der Waals surface area contributed by atoms with E-state index in [9.17, 15) is 13.2 Å². The van der Waals surface area contributed by atoms with Crippen molar-refractivity contribution in [2.75, 3.05) is 10.0 Å². The maximum Gasteiger partial charge on any atom is 0.274 e. The maximum absolute atomic E-state index is 12.5. The Hall–Kier alpha value is -2.61. The lowest BCUT2D eigenvalue weighted by molar-refractivity contribution is 0.102. The first-order chi connectivity index (χ1) is 12.8. The van der Waals surface area contributed by atoms with Gasteiger partial charge in [0.1, 0.15) is 5.69 Å². The molecule has 0 unspecified atom stereocenters. The van der Waals surface area contributed by atoms with Gasteiger partial charge in [-0.15, -0.1) is 0 Å². The second-order valence-electron chi connectivity index (χ2n) is 5.42. The van der Waals surface area contributed by atoms with E-state index >= 15 is 0 Å². The molecule has 0 radical (unpaired) electrons. The summed E-state index contributed by atoms with van der Waals surface area (Å²) in [5.41, 5.74) is 0.913. The summed E-state index contributed by atoms with van der Waals surface area (Å²) in [4.78, 5) is 16.0. The summed E-state index contributed by atoms with van der Waals surface area (Å²) in [6.45, 7) is 0. The highest BCUT2D eigenvalue weighted by Gasteiger charge is 2.16. The van der Waals surface area contributed by atoms with Gasteiger partial charge in [-0.05, 0) is 54.6 Å². The number of hydrogen-bond acceptors (Lipinski definition) is 4. The number of rotatable bonds is 5. The van der Waals surface area contributed by atoms with Crippen LogP contribution in [0.2, 0.25) is 10.0 Å². The van der Waals surface area contributed by atoms with Crippen LogP contribution in [0.5, 0.6) is 0 Å². The number of sulfonamides is 1. The highest BCUT2D eigenvalue weighted by Crippen LogP contribution is 2.27. The molecule has 9 heteroatoms. The van der Waals surface area contributed by atoms with E-state index in [1.54, 1.807) is 18.2 Å². The first kappa shape index (κ1) is 19.2. The number of benzene rings is 2. The Morgan fingerprint density at radius 3 is 2.33 bits per heavy atom. The van der Waals surface area contributed by atoms with Crippen molar-refractivity contribution >= 4 is 50.5 Å². The van der Waals surface area contributed by atoms with Crippen LogP contribution in [-0.4, -0.2) is 19.3 Å². The molecule has 0 aliphatic carbocycles. The summed E-state index contributed by atoms with van der Waals surface area (Å²) in [7, 11) is -3.85. The van der Waals surface area contributed by atoms with Gasteiger partial charge < -0.3 is 5.32 Å². The molecule has 27 heavy (non-hydrogen) atoms. The topological polar surface area (TPSA) is 88.2 Å². The Morgan fingerprint density at radius 2 is 1.70 bits per heavy atom. The van der Waals surface area contributed by atoms with E-state index in [0.717, 1.165) is 0 Å².